The molecule has 0 aliphatic carbocycles. The number of aromatic amines is 1. The number of H-pyrrole nitrogens is 1. The Hall–Kier alpha value is -2.14. The van der Waals surface area contributed by atoms with Crippen LogP contribution in [0.1, 0.15) is 11.5 Å². The molecule has 0 radical (unpaired) electrons. The fraction of sp³-hybridized carbons (Fsp3) is 0.167. The number of nitrogens with zero attached hydrogens (tertiary/aromatic N) is 2. The molecule has 0 bridgehead atoms. The summed E-state index contributed by atoms with van der Waals surface area (Å²) in [4.78, 5) is 4.26. The second-order valence-electron chi connectivity index (χ2n) is 3.89. The van der Waals surface area contributed by atoms with Gasteiger partial charge in [0.05, 0.1) is 11.9 Å². The lowest BCUT2D eigenvalue weighted by Crippen LogP contribution is -1.96. The Morgan fingerprint density at radius 2 is 2.29 bits per heavy atom. The quantitative estimate of drug-likeness (QED) is 0.702. The van der Waals surface area contributed by atoms with E-state index >= 15 is 0 Å². The van der Waals surface area contributed by atoms with Crippen molar-refractivity contribution in [3.05, 3.63) is 35.9 Å². The number of oxazole rings is 1. The van der Waals surface area contributed by atoms with Crippen molar-refractivity contribution in [2.45, 2.75) is 13.5 Å². The number of aryl methyl sites for hydroxylation is 1. The monoisotopic (exact) mass is 228 g/mol. The average molecular weight is 228 g/mol. The number of hydrogen-bond donors (Lipinski definition) is 2. The van der Waals surface area contributed by atoms with Crippen LogP contribution < -0.4 is 5.73 Å². The van der Waals surface area contributed by atoms with E-state index in [1.807, 2.05) is 25.1 Å². The van der Waals surface area contributed by atoms with Gasteiger partial charge in [0.25, 0.3) is 0 Å². The van der Waals surface area contributed by atoms with E-state index in [9.17, 15) is 0 Å². The molecule has 0 saturated carbocycles. The van der Waals surface area contributed by atoms with Crippen LogP contribution in [0.25, 0.3) is 22.4 Å². The van der Waals surface area contributed by atoms with E-state index in [1.54, 1.807) is 6.20 Å². The maximum absolute atomic E-state index is 5.65. The summed E-state index contributed by atoms with van der Waals surface area (Å²) in [6, 6.07) is 5.86. The zero-order valence-corrected chi connectivity index (χ0v) is 9.40. The van der Waals surface area contributed by atoms with Crippen LogP contribution in [0, 0.1) is 6.92 Å². The topological polar surface area (TPSA) is 80.7 Å². The third-order valence-electron chi connectivity index (χ3n) is 2.72. The molecule has 0 amide bonds. The Balaban J connectivity index is 2.17. The molecule has 0 unspecified atom stereocenters. The van der Waals surface area contributed by atoms with Crippen LogP contribution in [-0.2, 0) is 6.54 Å². The highest BCUT2D eigenvalue weighted by atomic mass is 16.3. The van der Waals surface area contributed by atoms with Gasteiger partial charge in [-0.25, -0.2) is 4.98 Å². The molecule has 0 aliphatic heterocycles. The molecule has 0 spiro atoms. The van der Waals surface area contributed by atoms with Crippen LogP contribution in [0.15, 0.2) is 28.8 Å². The van der Waals surface area contributed by atoms with Crippen LogP contribution in [0.3, 0.4) is 0 Å². The molecule has 3 N–H and O–H groups in total. The van der Waals surface area contributed by atoms with Gasteiger partial charge in [0.15, 0.2) is 11.5 Å². The van der Waals surface area contributed by atoms with Gasteiger partial charge in [-0.3, -0.25) is 5.10 Å². The van der Waals surface area contributed by atoms with Crippen LogP contribution in [-0.4, -0.2) is 15.2 Å². The summed E-state index contributed by atoms with van der Waals surface area (Å²) in [6.45, 7) is 2.29. The fourth-order valence-electron chi connectivity index (χ4n) is 1.91. The average Bonchev–Trinajstić information content (AvgIpc) is 2.91. The molecule has 2 aromatic heterocycles. The lowest BCUT2D eigenvalue weighted by atomic mass is 10.1. The molecule has 5 heteroatoms. The first-order valence-corrected chi connectivity index (χ1v) is 5.38. The summed E-state index contributed by atoms with van der Waals surface area (Å²) in [6.07, 6.45) is 1.74. The van der Waals surface area contributed by atoms with Crippen LogP contribution in [0.5, 0.6) is 0 Å². The van der Waals surface area contributed by atoms with Gasteiger partial charge in [-0.2, -0.15) is 5.10 Å². The van der Waals surface area contributed by atoms with Gasteiger partial charge in [0, 0.05) is 24.6 Å². The number of nitrogens with two attached hydrogens (primary N) is 1. The van der Waals surface area contributed by atoms with Gasteiger partial charge in [-0.15, -0.1) is 0 Å². The van der Waals surface area contributed by atoms with E-state index in [0.717, 1.165) is 27.9 Å². The smallest absolute Gasteiger partial charge is 0.192 e. The van der Waals surface area contributed by atoms with E-state index in [4.69, 9.17) is 10.2 Å². The third kappa shape index (κ3) is 1.60. The molecule has 0 aliphatic rings. The first kappa shape index (κ1) is 10.0. The maximum atomic E-state index is 5.65. The Labute approximate surface area is 97.7 Å². The van der Waals surface area contributed by atoms with Gasteiger partial charge in [-0.05, 0) is 12.1 Å². The van der Waals surface area contributed by atoms with E-state index in [-0.39, 0.29) is 0 Å². The molecule has 17 heavy (non-hydrogen) atoms. The van der Waals surface area contributed by atoms with Crippen LogP contribution in [0.4, 0.5) is 0 Å². The van der Waals surface area contributed by atoms with Crippen molar-refractivity contribution in [3.63, 3.8) is 0 Å². The summed E-state index contributed by atoms with van der Waals surface area (Å²) in [5.74, 6) is 0.667. The Morgan fingerprint density at radius 3 is 3.12 bits per heavy atom. The normalized spacial score (nSPS) is 11.2. The first-order chi connectivity index (χ1) is 8.28. The van der Waals surface area contributed by atoms with Gasteiger partial charge >= 0.3 is 0 Å². The minimum Gasteiger partial charge on any atom is -0.441 e. The predicted octanol–water partition coefficient (Wildman–Crippen LogP) is 1.99. The van der Waals surface area contributed by atoms with E-state index in [2.05, 4.69) is 15.2 Å². The standard InChI is InChI=1S/C12H12N4O/c1-7-15-10-3-2-8(4-11(10)17-7)12-9(5-13)6-14-16-12/h2-4,6H,5,13H2,1H3,(H,14,16). The minimum atomic E-state index is 0.458. The minimum absolute atomic E-state index is 0.458. The Kier molecular flexibility index (Phi) is 2.19. The lowest BCUT2D eigenvalue weighted by Gasteiger charge is -2.00. The van der Waals surface area contributed by atoms with Crippen molar-refractivity contribution < 1.29 is 4.42 Å². The molecule has 86 valence electrons. The summed E-state index contributed by atoms with van der Waals surface area (Å²) >= 11 is 0. The molecule has 2 heterocycles. The van der Waals surface area contributed by atoms with Gasteiger partial charge < -0.3 is 10.2 Å². The highest BCUT2D eigenvalue weighted by molar-refractivity contribution is 5.79. The summed E-state index contributed by atoms with van der Waals surface area (Å²) in [7, 11) is 0. The number of rotatable bonds is 2. The molecule has 5 nitrogen and oxygen atoms in total. The van der Waals surface area contributed by atoms with Crippen molar-refractivity contribution >= 4 is 11.1 Å². The lowest BCUT2D eigenvalue weighted by molar-refractivity contribution is 0.561. The third-order valence-corrected chi connectivity index (χ3v) is 2.72. The fourth-order valence-corrected chi connectivity index (χ4v) is 1.91. The van der Waals surface area contributed by atoms with Crippen molar-refractivity contribution in [3.8, 4) is 11.3 Å². The van der Waals surface area contributed by atoms with Gasteiger partial charge in [0.2, 0.25) is 0 Å². The highest BCUT2D eigenvalue weighted by Gasteiger charge is 2.09. The largest absolute Gasteiger partial charge is 0.441 e. The zero-order chi connectivity index (χ0) is 11.8. The summed E-state index contributed by atoms with van der Waals surface area (Å²) in [5, 5.41) is 6.96. The molecule has 3 rings (SSSR count). The van der Waals surface area contributed by atoms with Crippen LogP contribution in [0.2, 0.25) is 0 Å². The second-order valence-corrected chi connectivity index (χ2v) is 3.89. The molecular weight excluding hydrogens is 216 g/mol. The van der Waals surface area contributed by atoms with Gasteiger partial charge in [0.1, 0.15) is 5.52 Å². The molecule has 3 aromatic rings. The van der Waals surface area contributed by atoms with Crippen molar-refractivity contribution in [2.24, 2.45) is 5.73 Å². The Morgan fingerprint density at radius 1 is 1.41 bits per heavy atom. The number of benzene rings is 1. The first-order valence-electron chi connectivity index (χ1n) is 5.38. The molecular formula is C12H12N4O. The second kappa shape index (κ2) is 3.71. The van der Waals surface area contributed by atoms with Crippen molar-refractivity contribution in [1.82, 2.24) is 15.2 Å². The highest BCUT2D eigenvalue weighted by Crippen LogP contribution is 2.25. The molecule has 0 saturated heterocycles. The molecule has 0 atom stereocenters. The summed E-state index contributed by atoms with van der Waals surface area (Å²) < 4.78 is 5.50. The summed E-state index contributed by atoms with van der Waals surface area (Å²) in [5.41, 5.74) is 10.2. The van der Waals surface area contributed by atoms with E-state index in [0.29, 0.717) is 12.4 Å². The Bertz CT molecular complexity index is 668. The van der Waals surface area contributed by atoms with E-state index < -0.39 is 0 Å². The maximum Gasteiger partial charge on any atom is 0.192 e. The zero-order valence-electron chi connectivity index (χ0n) is 9.40. The number of fused-ring (bicyclic) bond motifs is 1. The number of aromatic nitrogens is 3. The number of hydrogen-bond acceptors (Lipinski definition) is 4. The number of nitrogens with one attached hydrogen (secondary N) is 1. The SMILES string of the molecule is Cc1nc2ccc(-c3[nH]ncc3CN)cc2o1. The molecule has 0 fully saturated rings. The van der Waals surface area contributed by atoms with E-state index in [1.165, 1.54) is 0 Å². The van der Waals surface area contributed by atoms with Crippen molar-refractivity contribution in [1.29, 1.82) is 0 Å². The predicted molar refractivity (Wildman–Crippen MR) is 64.2 cm³/mol. The van der Waals surface area contributed by atoms with Crippen LogP contribution >= 0.6 is 0 Å². The molecule has 1 aromatic carbocycles. The van der Waals surface area contributed by atoms with Crippen molar-refractivity contribution in [2.75, 3.05) is 0 Å². The van der Waals surface area contributed by atoms with Gasteiger partial charge in [-0.1, -0.05) is 6.07 Å².